The fourth-order valence-electron chi connectivity index (χ4n) is 2.41. The van der Waals surface area contributed by atoms with Crippen molar-refractivity contribution in [1.29, 1.82) is 0 Å². The molecule has 1 aromatic carbocycles. The number of nitrogen functional groups attached to an aromatic ring is 1. The van der Waals surface area contributed by atoms with Crippen molar-refractivity contribution in [2.75, 3.05) is 7.05 Å². The Hall–Kier alpha value is -1.85. The molecule has 1 heterocycles. The highest BCUT2D eigenvalue weighted by molar-refractivity contribution is 6.07. The summed E-state index contributed by atoms with van der Waals surface area (Å²) >= 11 is 0. The Kier molecular flexibility index (Phi) is 4.65. The topological polar surface area (TPSA) is 71.5 Å². The first kappa shape index (κ1) is 15.5. The molecular formula is C16H23N3O2. The standard InChI is InChI=1S/C16H23N3O2/c1-10(2)11(3)19(4)9-14-15(16(20)18-17)12-7-5-6-8-13(12)21-14/h5-8,10-11H,9,17H2,1-4H3,(H,18,20). The molecule has 1 aromatic heterocycles. The molecule has 3 N–H and O–H groups in total. The summed E-state index contributed by atoms with van der Waals surface area (Å²) in [6.07, 6.45) is 0. The van der Waals surface area contributed by atoms with E-state index in [1.807, 2.05) is 31.3 Å². The van der Waals surface area contributed by atoms with Crippen LogP contribution in [0.1, 0.15) is 36.9 Å². The number of benzene rings is 1. The molecule has 0 aliphatic rings. The Morgan fingerprint density at radius 2 is 2.00 bits per heavy atom. The Labute approximate surface area is 125 Å². The van der Waals surface area contributed by atoms with Crippen LogP contribution in [0.5, 0.6) is 0 Å². The van der Waals surface area contributed by atoms with Crippen LogP contribution in [0, 0.1) is 5.92 Å². The Morgan fingerprint density at radius 1 is 1.33 bits per heavy atom. The molecule has 5 heteroatoms. The van der Waals surface area contributed by atoms with E-state index < -0.39 is 0 Å². The Bertz CT molecular complexity index is 633. The molecule has 0 aliphatic heterocycles. The molecule has 0 aliphatic carbocycles. The van der Waals surface area contributed by atoms with Crippen LogP contribution >= 0.6 is 0 Å². The number of furan rings is 1. The van der Waals surface area contributed by atoms with E-state index in [0.29, 0.717) is 35.4 Å². The summed E-state index contributed by atoms with van der Waals surface area (Å²) in [4.78, 5) is 14.3. The summed E-state index contributed by atoms with van der Waals surface area (Å²) in [7, 11) is 2.03. The van der Waals surface area contributed by atoms with Crippen molar-refractivity contribution < 1.29 is 9.21 Å². The van der Waals surface area contributed by atoms with Gasteiger partial charge in [0.2, 0.25) is 0 Å². The molecule has 0 saturated heterocycles. The number of carbonyl (C=O) groups is 1. The number of nitrogens with two attached hydrogens (primary N) is 1. The minimum Gasteiger partial charge on any atom is -0.459 e. The quantitative estimate of drug-likeness (QED) is 0.504. The number of nitrogens with zero attached hydrogens (tertiary/aromatic N) is 1. The molecule has 21 heavy (non-hydrogen) atoms. The number of hydrazine groups is 1. The maximum absolute atomic E-state index is 12.1. The zero-order valence-corrected chi connectivity index (χ0v) is 13.0. The van der Waals surface area contributed by atoms with Gasteiger partial charge in [-0.1, -0.05) is 32.0 Å². The second-order valence-electron chi connectivity index (χ2n) is 5.77. The number of para-hydroxylation sites is 1. The predicted octanol–water partition coefficient (Wildman–Crippen LogP) is 2.51. The highest BCUT2D eigenvalue weighted by atomic mass is 16.3. The molecule has 0 saturated carbocycles. The van der Waals surface area contributed by atoms with Crippen LogP contribution in [0.2, 0.25) is 0 Å². The number of amides is 1. The van der Waals surface area contributed by atoms with Crippen LogP contribution in [0.15, 0.2) is 28.7 Å². The van der Waals surface area contributed by atoms with Gasteiger partial charge in [0.15, 0.2) is 0 Å². The van der Waals surface area contributed by atoms with Gasteiger partial charge in [-0.05, 0) is 26.0 Å². The maximum Gasteiger partial charge on any atom is 0.269 e. The lowest BCUT2D eigenvalue weighted by molar-refractivity contribution is 0.0950. The van der Waals surface area contributed by atoms with Crippen molar-refractivity contribution in [2.45, 2.75) is 33.4 Å². The SMILES string of the molecule is CC(C)C(C)N(C)Cc1oc2ccccc2c1C(=O)NN. The fourth-order valence-corrected chi connectivity index (χ4v) is 2.41. The minimum absolute atomic E-state index is 0.319. The zero-order valence-electron chi connectivity index (χ0n) is 13.0. The number of fused-ring (bicyclic) bond motifs is 1. The van der Waals surface area contributed by atoms with E-state index in [-0.39, 0.29) is 5.91 Å². The number of rotatable bonds is 5. The van der Waals surface area contributed by atoms with Gasteiger partial charge >= 0.3 is 0 Å². The second-order valence-corrected chi connectivity index (χ2v) is 5.77. The lowest BCUT2D eigenvalue weighted by Gasteiger charge is -2.27. The molecule has 1 amide bonds. The Balaban J connectivity index is 2.41. The van der Waals surface area contributed by atoms with Crippen molar-refractivity contribution in [1.82, 2.24) is 10.3 Å². The van der Waals surface area contributed by atoms with Crippen LogP contribution in [-0.4, -0.2) is 23.9 Å². The third-order valence-corrected chi connectivity index (χ3v) is 4.08. The van der Waals surface area contributed by atoms with Gasteiger partial charge < -0.3 is 4.42 Å². The summed E-state index contributed by atoms with van der Waals surface area (Å²) in [5.41, 5.74) is 3.44. The third-order valence-electron chi connectivity index (χ3n) is 4.08. The van der Waals surface area contributed by atoms with Crippen LogP contribution in [0.3, 0.4) is 0 Å². The van der Waals surface area contributed by atoms with Crippen molar-refractivity contribution in [3.8, 4) is 0 Å². The first-order valence-corrected chi connectivity index (χ1v) is 7.17. The number of hydrogen-bond acceptors (Lipinski definition) is 4. The summed E-state index contributed by atoms with van der Waals surface area (Å²) < 4.78 is 5.86. The van der Waals surface area contributed by atoms with Crippen LogP contribution in [-0.2, 0) is 6.54 Å². The van der Waals surface area contributed by atoms with Gasteiger partial charge in [0.25, 0.3) is 5.91 Å². The molecule has 0 fully saturated rings. The van der Waals surface area contributed by atoms with E-state index in [1.54, 1.807) is 0 Å². The fraction of sp³-hybridized carbons (Fsp3) is 0.438. The number of hydrogen-bond donors (Lipinski definition) is 2. The number of carbonyl (C=O) groups excluding carboxylic acids is 1. The highest BCUT2D eigenvalue weighted by Gasteiger charge is 2.23. The van der Waals surface area contributed by atoms with Crippen LogP contribution in [0.4, 0.5) is 0 Å². The smallest absolute Gasteiger partial charge is 0.269 e. The van der Waals surface area contributed by atoms with Crippen LogP contribution < -0.4 is 11.3 Å². The second kappa shape index (κ2) is 6.28. The van der Waals surface area contributed by atoms with E-state index in [9.17, 15) is 4.79 Å². The van der Waals surface area contributed by atoms with E-state index >= 15 is 0 Å². The van der Waals surface area contributed by atoms with E-state index in [1.165, 1.54) is 0 Å². The summed E-state index contributed by atoms with van der Waals surface area (Å²) in [6.45, 7) is 7.08. The van der Waals surface area contributed by atoms with Crippen LogP contribution in [0.25, 0.3) is 11.0 Å². The number of nitrogens with one attached hydrogen (secondary N) is 1. The first-order chi connectivity index (χ1) is 9.95. The molecule has 114 valence electrons. The van der Waals surface area contributed by atoms with E-state index in [2.05, 4.69) is 31.1 Å². The lowest BCUT2D eigenvalue weighted by Crippen LogP contribution is -2.34. The lowest BCUT2D eigenvalue weighted by atomic mass is 10.0. The van der Waals surface area contributed by atoms with Crippen molar-refractivity contribution >= 4 is 16.9 Å². The van der Waals surface area contributed by atoms with E-state index in [4.69, 9.17) is 10.3 Å². The molecule has 2 aromatic rings. The van der Waals surface area contributed by atoms with Gasteiger partial charge in [-0.25, -0.2) is 5.84 Å². The average molecular weight is 289 g/mol. The maximum atomic E-state index is 12.1. The molecule has 0 bridgehead atoms. The molecular weight excluding hydrogens is 266 g/mol. The largest absolute Gasteiger partial charge is 0.459 e. The van der Waals surface area contributed by atoms with Gasteiger partial charge in [-0.15, -0.1) is 0 Å². The minimum atomic E-state index is -0.319. The van der Waals surface area contributed by atoms with Crippen molar-refractivity contribution in [3.63, 3.8) is 0 Å². The average Bonchev–Trinajstić information content (AvgIpc) is 2.83. The Morgan fingerprint density at radius 3 is 2.62 bits per heavy atom. The molecule has 5 nitrogen and oxygen atoms in total. The normalized spacial score (nSPS) is 13.1. The summed E-state index contributed by atoms with van der Waals surface area (Å²) in [5.74, 6) is 6.16. The predicted molar refractivity (Wildman–Crippen MR) is 83.6 cm³/mol. The van der Waals surface area contributed by atoms with Gasteiger partial charge in [0.1, 0.15) is 11.3 Å². The summed E-state index contributed by atoms with van der Waals surface area (Å²) in [5, 5.41) is 0.793. The molecule has 0 radical (unpaired) electrons. The monoisotopic (exact) mass is 289 g/mol. The molecule has 1 unspecified atom stereocenters. The van der Waals surface area contributed by atoms with Gasteiger partial charge in [0, 0.05) is 11.4 Å². The highest BCUT2D eigenvalue weighted by Crippen LogP contribution is 2.27. The van der Waals surface area contributed by atoms with Crippen molar-refractivity contribution in [3.05, 3.63) is 35.6 Å². The third kappa shape index (κ3) is 3.09. The van der Waals surface area contributed by atoms with Gasteiger partial charge in [-0.2, -0.15) is 0 Å². The summed E-state index contributed by atoms with van der Waals surface area (Å²) in [6, 6.07) is 7.89. The molecule has 1 atom stereocenters. The van der Waals surface area contributed by atoms with Gasteiger partial charge in [0.05, 0.1) is 12.1 Å². The van der Waals surface area contributed by atoms with E-state index in [0.717, 1.165) is 5.39 Å². The molecule has 2 rings (SSSR count). The van der Waals surface area contributed by atoms with Gasteiger partial charge in [-0.3, -0.25) is 15.1 Å². The zero-order chi connectivity index (χ0) is 15.6. The first-order valence-electron chi connectivity index (χ1n) is 7.17. The molecule has 0 spiro atoms. The van der Waals surface area contributed by atoms with Crippen molar-refractivity contribution in [2.24, 2.45) is 11.8 Å².